The number of rotatable bonds is 3. The van der Waals surface area contributed by atoms with Crippen LogP contribution in [0, 0.1) is 0 Å². The summed E-state index contributed by atoms with van der Waals surface area (Å²) in [4.78, 5) is 2.52. The fourth-order valence-corrected chi connectivity index (χ4v) is 2.46. The van der Waals surface area contributed by atoms with Gasteiger partial charge in [0.15, 0.2) is 0 Å². The molecule has 0 amide bonds. The van der Waals surface area contributed by atoms with Crippen LogP contribution in [-0.4, -0.2) is 31.1 Å². The molecule has 3 heteroatoms. The van der Waals surface area contributed by atoms with Crippen LogP contribution in [0.25, 0.3) is 0 Å². The molecule has 1 unspecified atom stereocenters. The number of nitrogens with one attached hydrogen (secondary N) is 1. The third-order valence-electron chi connectivity index (χ3n) is 3.28. The van der Waals surface area contributed by atoms with Crippen molar-refractivity contribution in [1.29, 1.82) is 0 Å². The number of halogens is 1. The molecule has 88 valence electrons. The summed E-state index contributed by atoms with van der Waals surface area (Å²) in [6.45, 7) is 6.63. The Morgan fingerprint density at radius 3 is 2.75 bits per heavy atom. The highest BCUT2D eigenvalue weighted by Gasteiger charge is 2.21. The Hall–Kier alpha value is -0.570. The monoisotopic (exact) mass is 238 g/mol. The first-order valence-electron chi connectivity index (χ1n) is 5.94. The number of alkyl halides is 1. The molecule has 1 atom stereocenters. The van der Waals surface area contributed by atoms with Gasteiger partial charge in [-0.3, -0.25) is 4.90 Å². The zero-order valence-corrected chi connectivity index (χ0v) is 10.5. The highest BCUT2D eigenvalue weighted by atomic mass is 35.5. The molecule has 1 fully saturated rings. The van der Waals surface area contributed by atoms with E-state index in [9.17, 15) is 0 Å². The summed E-state index contributed by atoms with van der Waals surface area (Å²) in [6.07, 6.45) is 0. The molecular formula is C13H19ClN2. The van der Waals surface area contributed by atoms with Crippen LogP contribution in [0.4, 0.5) is 0 Å². The molecule has 0 spiro atoms. The molecule has 0 saturated carbocycles. The summed E-state index contributed by atoms with van der Waals surface area (Å²) in [6, 6.07) is 9.19. The van der Waals surface area contributed by atoms with E-state index in [2.05, 4.69) is 41.4 Å². The minimum absolute atomic E-state index is 0.517. The first kappa shape index (κ1) is 11.9. The van der Waals surface area contributed by atoms with Crippen LogP contribution in [0.2, 0.25) is 0 Å². The molecule has 1 heterocycles. The van der Waals surface area contributed by atoms with Crippen LogP contribution in [0.1, 0.15) is 24.1 Å². The molecule has 2 rings (SSSR count). The second kappa shape index (κ2) is 5.67. The summed E-state index contributed by atoms with van der Waals surface area (Å²) >= 11 is 5.80. The predicted molar refractivity (Wildman–Crippen MR) is 68.9 cm³/mol. The van der Waals surface area contributed by atoms with Crippen molar-refractivity contribution in [2.45, 2.75) is 18.8 Å². The van der Waals surface area contributed by atoms with E-state index in [1.54, 1.807) is 0 Å². The Kier molecular flexibility index (Phi) is 4.22. The van der Waals surface area contributed by atoms with Crippen molar-refractivity contribution in [3.05, 3.63) is 35.4 Å². The van der Waals surface area contributed by atoms with Crippen LogP contribution in [0.15, 0.2) is 24.3 Å². The predicted octanol–water partition coefficient (Wildman–Crippen LogP) is 2.39. The van der Waals surface area contributed by atoms with Gasteiger partial charge in [-0.25, -0.2) is 0 Å². The van der Waals surface area contributed by atoms with Crippen molar-refractivity contribution >= 4 is 11.6 Å². The molecule has 2 nitrogen and oxygen atoms in total. The van der Waals surface area contributed by atoms with Gasteiger partial charge in [0.05, 0.1) is 0 Å². The smallest absolute Gasteiger partial charge is 0.0474 e. The van der Waals surface area contributed by atoms with Crippen LogP contribution in [-0.2, 0) is 5.88 Å². The number of hydrogen-bond acceptors (Lipinski definition) is 2. The molecule has 16 heavy (non-hydrogen) atoms. The van der Waals surface area contributed by atoms with Gasteiger partial charge in [-0.15, -0.1) is 11.6 Å². The summed E-state index contributed by atoms with van der Waals surface area (Å²) in [7, 11) is 0. The lowest BCUT2D eigenvalue weighted by molar-refractivity contribution is 0.171. The van der Waals surface area contributed by atoms with Crippen molar-refractivity contribution in [3.63, 3.8) is 0 Å². The van der Waals surface area contributed by atoms with Gasteiger partial charge in [0, 0.05) is 31.6 Å². The quantitative estimate of drug-likeness (QED) is 0.814. The number of hydrogen-bond donors (Lipinski definition) is 1. The van der Waals surface area contributed by atoms with E-state index >= 15 is 0 Å². The highest BCUT2D eigenvalue weighted by molar-refractivity contribution is 6.17. The van der Waals surface area contributed by atoms with Crippen LogP contribution < -0.4 is 5.32 Å². The van der Waals surface area contributed by atoms with E-state index < -0.39 is 0 Å². The first-order valence-corrected chi connectivity index (χ1v) is 6.48. The topological polar surface area (TPSA) is 15.3 Å². The fraction of sp³-hybridized carbons (Fsp3) is 0.538. The van der Waals surface area contributed by atoms with Gasteiger partial charge in [-0.2, -0.15) is 0 Å². The minimum atomic E-state index is 0.517. The zero-order valence-electron chi connectivity index (χ0n) is 9.75. The van der Waals surface area contributed by atoms with Crippen LogP contribution in [0.5, 0.6) is 0 Å². The molecule has 0 radical (unpaired) electrons. The molecule has 0 bridgehead atoms. The highest BCUT2D eigenvalue weighted by Crippen LogP contribution is 2.22. The van der Waals surface area contributed by atoms with Crippen molar-refractivity contribution in [2.24, 2.45) is 0 Å². The van der Waals surface area contributed by atoms with E-state index in [0.717, 1.165) is 26.2 Å². The molecule has 1 N–H and O–H groups in total. The lowest BCUT2D eigenvalue weighted by Gasteiger charge is -2.35. The average Bonchev–Trinajstić information content (AvgIpc) is 2.39. The lowest BCUT2D eigenvalue weighted by Crippen LogP contribution is -2.45. The molecule has 0 aliphatic carbocycles. The minimum Gasteiger partial charge on any atom is -0.314 e. The standard InChI is InChI=1S/C13H19ClN2/c1-2-16-8-7-15-10-13(16)12-5-3-11(9-14)4-6-12/h3-6,13,15H,2,7-10H2,1H3. The van der Waals surface area contributed by atoms with Gasteiger partial charge >= 0.3 is 0 Å². The maximum absolute atomic E-state index is 5.80. The van der Waals surface area contributed by atoms with Crippen LogP contribution >= 0.6 is 11.6 Å². The van der Waals surface area contributed by atoms with E-state index in [4.69, 9.17) is 11.6 Å². The van der Waals surface area contributed by atoms with Gasteiger partial charge in [0.25, 0.3) is 0 Å². The molecular weight excluding hydrogens is 220 g/mol. The van der Waals surface area contributed by atoms with Gasteiger partial charge in [0.2, 0.25) is 0 Å². The van der Waals surface area contributed by atoms with Crippen LogP contribution in [0.3, 0.4) is 0 Å². The second-order valence-electron chi connectivity index (χ2n) is 4.22. The number of nitrogens with zero attached hydrogens (tertiary/aromatic N) is 1. The lowest BCUT2D eigenvalue weighted by atomic mass is 10.0. The van der Waals surface area contributed by atoms with Crippen molar-refractivity contribution in [3.8, 4) is 0 Å². The zero-order chi connectivity index (χ0) is 11.4. The van der Waals surface area contributed by atoms with E-state index in [1.165, 1.54) is 11.1 Å². The van der Waals surface area contributed by atoms with E-state index in [1.807, 2.05) is 0 Å². The number of benzene rings is 1. The Morgan fingerprint density at radius 1 is 1.38 bits per heavy atom. The molecule has 1 aromatic rings. The number of piperazine rings is 1. The Labute approximate surface area is 103 Å². The fourth-order valence-electron chi connectivity index (χ4n) is 2.28. The molecule has 1 aliphatic heterocycles. The summed E-state index contributed by atoms with van der Waals surface area (Å²) in [5.74, 6) is 0.598. The summed E-state index contributed by atoms with van der Waals surface area (Å²) in [5.41, 5.74) is 2.58. The summed E-state index contributed by atoms with van der Waals surface area (Å²) in [5, 5.41) is 3.46. The normalized spacial score (nSPS) is 22.2. The third-order valence-corrected chi connectivity index (χ3v) is 3.59. The van der Waals surface area contributed by atoms with Gasteiger partial charge in [-0.05, 0) is 17.7 Å². The van der Waals surface area contributed by atoms with Crippen molar-refractivity contribution < 1.29 is 0 Å². The number of likely N-dealkylation sites (N-methyl/N-ethyl adjacent to an activating group) is 1. The first-order chi connectivity index (χ1) is 7.85. The third kappa shape index (κ3) is 2.57. The molecule has 1 saturated heterocycles. The largest absolute Gasteiger partial charge is 0.314 e. The van der Waals surface area contributed by atoms with E-state index in [0.29, 0.717) is 11.9 Å². The molecule has 1 aromatic carbocycles. The second-order valence-corrected chi connectivity index (χ2v) is 4.49. The molecule has 1 aliphatic rings. The van der Waals surface area contributed by atoms with Gasteiger partial charge in [-0.1, -0.05) is 31.2 Å². The SMILES string of the molecule is CCN1CCNCC1c1ccc(CCl)cc1. The maximum atomic E-state index is 5.80. The van der Waals surface area contributed by atoms with E-state index in [-0.39, 0.29) is 0 Å². The van der Waals surface area contributed by atoms with Gasteiger partial charge < -0.3 is 5.32 Å². The Morgan fingerprint density at radius 2 is 2.12 bits per heavy atom. The maximum Gasteiger partial charge on any atom is 0.0474 e. The molecule has 0 aromatic heterocycles. The van der Waals surface area contributed by atoms with Crippen molar-refractivity contribution in [1.82, 2.24) is 10.2 Å². The Bertz CT molecular complexity index is 323. The van der Waals surface area contributed by atoms with Gasteiger partial charge in [0.1, 0.15) is 0 Å². The summed E-state index contributed by atoms with van der Waals surface area (Å²) < 4.78 is 0. The average molecular weight is 239 g/mol. The Balaban J connectivity index is 2.14. The van der Waals surface area contributed by atoms with Crippen molar-refractivity contribution in [2.75, 3.05) is 26.2 Å².